The number of rotatable bonds is 12. The summed E-state index contributed by atoms with van der Waals surface area (Å²) < 4.78 is 36.3. The van der Waals surface area contributed by atoms with E-state index in [2.05, 4.69) is 50.1 Å². The standard InChI is InChI=1S/C40H43FN4O4.3ClH/c1-27-6-7-30(20-37(27)46-2)36-19-28(12-15-43-36)25-44-16-13-35(14-17-44)45(34-10-8-33(41)9-11-34)26-29-18-32(24-42-23-29)31-21-38(47-3)40(49-5)39(22-31)48-4;;;/h6-12,15,18-24,35H,13-14,16-17,25-26H2,1-5H3;3*1H. The fraction of sp³-hybridized carbons (Fsp3) is 0.300. The monoisotopic (exact) mass is 770 g/mol. The number of piperidine rings is 1. The van der Waals surface area contributed by atoms with Gasteiger partial charge in [-0.15, -0.1) is 37.2 Å². The van der Waals surface area contributed by atoms with E-state index < -0.39 is 0 Å². The van der Waals surface area contributed by atoms with Crippen LogP contribution in [0.4, 0.5) is 10.1 Å². The lowest BCUT2D eigenvalue weighted by molar-refractivity contribution is 0.201. The van der Waals surface area contributed by atoms with Crippen molar-refractivity contribution in [3.8, 4) is 45.4 Å². The first-order valence-corrected chi connectivity index (χ1v) is 16.5. The molecule has 12 heteroatoms. The molecule has 0 unspecified atom stereocenters. The third-order valence-corrected chi connectivity index (χ3v) is 9.24. The number of methoxy groups -OCH3 is 4. The number of ether oxygens (including phenoxy) is 4. The molecule has 0 amide bonds. The molecule has 52 heavy (non-hydrogen) atoms. The number of benzene rings is 3. The van der Waals surface area contributed by atoms with Gasteiger partial charge in [0, 0.05) is 67.6 Å². The molecule has 1 aliphatic heterocycles. The van der Waals surface area contributed by atoms with E-state index in [0.717, 1.165) is 77.4 Å². The summed E-state index contributed by atoms with van der Waals surface area (Å²) >= 11 is 0. The first-order valence-electron chi connectivity index (χ1n) is 16.5. The average Bonchev–Trinajstić information content (AvgIpc) is 3.14. The predicted molar refractivity (Wildman–Crippen MR) is 213 cm³/mol. The third-order valence-electron chi connectivity index (χ3n) is 9.24. The van der Waals surface area contributed by atoms with Gasteiger partial charge in [0.05, 0.1) is 34.1 Å². The van der Waals surface area contributed by atoms with Gasteiger partial charge in [0.1, 0.15) is 11.6 Å². The van der Waals surface area contributed by atoms with Crippen molar-refractivity contribution in [2.24, 2.45) is 0 Å². The van der Waals surface area contributed by atoms with E-state index in [1.165, 1.54) is 17.7 Å². The normalized spacial score (nSPS) is 12.8. The van der Waals surface area contributed by atoms with E-state index in [1.807, 2.05) is 55.8 Å². The molecule has 0 aliphatic carbocycles. The van der Waals surface area contributed by atoms with Crippen molar-refractivity contribution in [2.45, 2.75) is 38.9 Å². The molecule has 0 atom stereocenters. The molecule has 1 aliphatic rings. The quantitative estimate of drug-likeness (QED) is 0.124. The largest absolute Gasteiger partial charge is 0.496 e. The Hall–Kier alpha value is -4.28. The fourth-order valence-corrected chi connectivity index (χ4v) is 6.60. The van der Waals surface area contributed by atoms with Crippen molar-refractivity contribution in [1.29, 1.82) is 0 Å². The van der Waals surface area contributed by atoms with Gasteiger partial charge < -0.3 is 23.8 Å². The van der Waals surface area contributed by atoms with Crippen LogP contribution in [-0.4, -0.2) is 62.4 Å². The van der Waals surface area contributed by atoms with E-state index in [0.29, 0.717) is 23.8 Å². The number of halogens is 4. The van der Waals surface area contributed by atoms with Gasteiger partial charge in [0.2, 0.25) is 5.75 Å². The number of pyridine rings is 2. The smallest absolute Gasteiger partial charge is 0.203 e. The van der Waals surface area contributed by atoms with Crippen molar-refractivity contribution in [2.75, 3.05) is 46.4 Å². The highest BCUT2D eigenvalue weighted by atomic mass is 35.5. The molecule has 0 saturated carbocycles. The molecule has 0 radical (unpaired) electrons. The fourth-order valence-electron chi connectivity index (χ4n) is 6.60. The SMILES string of the molecule is COc1cc(-c2cc(CN3CCC(N(Cc4cncc(-c5cc(OC)c(OC)c(OC)c5)c4)c4ccc(F)cc4)CC3)ccn2)ccc1C.Cl.Cl.Cl. The second-order valence-corrected chi connectivity index (χ2v) is 12.3. The van der Waals surface area contributed by atoms with Crippen molar-refractivity contribution in [3.63, 3.8) is 0 Å². The number of hydrogen-bond acceptors (Lipinski definition) is 8. The molecule has 0 bridgehead atoms. The second kappa shape index (κ2) is 19.5. The van der Waals surface area contributed by atoms with Gasteiger partial charge in [-0.2, -0.15) is 0 Å². The van der Waals surface area contributed by atoms with Gasteiger partial charge >= 0.3 is 0 Å². The van der Waals surface area contributed by atoms with Gasteiger partial charge in [-0.1, -0.05) is 12.1 Å². The summed E-state index contributed by atoms with van der Waals surface area (Å²) in [6.45, 7) is 5.42. The Morgan fingerprint density at radius 2 is 1.37 bits per heavy atom. The lowest BCUT2D eigenvalue weighted by Crippen LogP contribution is -2.44. The van der Waals surface area contributed by atoms with Crippen LogP contribution in [0.25, 0.3) is 22.4 Å². The molecule has 0 spiro atoms. The summed E-state index contributed by atoms with van der Waals surface area (Å²) in [5.41, 5.74) is 8.20. The molecule has 1 saturated heterocycles. The highest BCUT2D eigenvalue weighted by molar-refractivity contribution is 5.86. The summed E-state index contributed by atoms with van der Waals surface area (Å²) in [7, 11) is 6.51. The first-order chi connectivity index (χ1) is 23.9. The lowest BCUT2D eigenvalue weighted by atomic mass is 9.99. The summed E-state index contributed by atoms with van der Waals surface area (Å²) in [4.78, 5) is 14.1. The highest BCUT2D eigenvalue weighted by Gasteiger charge is 2.26. The molecular formula is C40H46Cl3FN4O4. The van der Waals surface area contributed by atoms with Gasteiger partial charge in [-0.25, -0.2) is 4.39 Å². The van der Waals surface area contributed by atoms with Crippen LogP contribution in [0.3, 0.4) is 0 Å². The van der Waals surface area contributed by atoms with Crippen LogP contribution in [0, 0.1) is 12.7 Å². The number of hydrogen-bond donors (Lipinski definition) is 0. The van der Waals surface area contributed by atoms with Crippen LogP contribution < -0.4 is 23.8 Å². The summed E-state index contributed by atoms with van der Waals surface area (Å²) in [6.07, 6.45) is 7.58. The van der Waals surface area contributed by atoms with Gasteiger partial charge in [-0.3, -0.25) is 14.9 Å². The minimum atomic E-state index is -0.245. The maximum atomic E-state index is 14.0. The van der Waals surface area contributed by atoms with Crippen molar-refractivity contribution in [1.82, 2.24) is 14.9 Å². The topological polar surface area (TPSA) is 69.2 Å². The van der Waals surface area contributed by atoms with Gasteiger partial charge in [-0.05, 0) is 103 Å². The molecular weight excluding hydrogens is 726 g/mol. The van der Waals surface area contributed by atoms with E-state index in [9.17, 15) is 4.39 Å². The Kier molecular flexibility index (Phi) is 15.8. The Morgan fingerprint density at radius 3 is 2.00 bits per heavy atom. The second-order valence-electron chi connectivity index (χ2n) is 12.3. The number of aromatic nitrogens is 2. The summed E-state index contributed by atoms with van der Waals surface area (Å²) in [5, 5.41) is 0. The van der Waals surface area contributed by atoms with Crippen molar-refractivity contribution >= 4 is 42.9 Å². The molecule has 278 valence electrons. The minimum absolute atomic E-state index is 0. The van der Waals surface area contributed by atoms with E-state index >= 15 is 0 Å². The summed E-state index contributed by atoms with van der Waals surface area (Å²) in [5.74, 6) is 2.33. The zero-order valence-electron chi connectivity index (χ0n) is 30.0. The van der Waals surface area contributed by atoms with E-state index in [1.54, 1.807) is 28.4 Å². The molecule has 3 aromatic carbocycles. The zero-order valence-corrected chi connectivity index (χ0v) is 32.5. The number of nitrogens with zero attached hydrogens (tertiary/aromatic N) is 4. The number of aryl methyl sites for hydroxylation is 1. The number of anilines is 1. The van der Waals surface area contributed by atoms with Crippen LogP contribution in [0.15, 0.2) is 91.4 Å². The van der Waals surface area contributed by atoms with Crippen LogP contribution in [0.5, 0.6) is 23.0 Å². The van der Waals surface area contributed by atoms with Crippen molar-refractivity contribution < 1.29 is 23.3 Å². The third kappa shape index (κ3) is 9.77. The van der Waals surface area contributed by atoms with Crippen molar-refractivity contribution in [3.05, 3.63) is 114 Å². The molecule has 1 fully saturated rings. The van der Waals surface area contributed by atoms with E-state index in [4.69, 9.17) is 18.9 Å². The van der Waals surface area contributed by atoms with Crippen LogP contribution >= 0.6 is 37.2 Å². The first kappa shape index (κ1) is 42.1. The minimum Gasteiger partial charge on any atom is -0.496 e. The Balaban J connectivity index is 0.00000243. The van der Waals surface area contributed by atoms with E-state index in [-0.39, 0.29) is 49.1 Å². The predicted octanol–water partition coefficient (Wildman–Crippen LogP) is 9.23. The molecule has 5 aromatic rings. The molecule has 8 nitrogen and oxygen atoms in total. The molecule has 2 aromatic heterocycles. The Bertz CT molecular complexity index is 1870. The summed E-state index contributed by atoms with van der Waals surface area (Å²) in [6, 6.07) is 23.6. The maximum Gasteiger partial charge on any atom is 0.203 e. The van der Waals surface area contributed by atoms with Crippen LogP contribution in [-0.2, 0) is 13.1 Å². The highest BCUT2D eigenvalue weighted by Crippen LogP contribution is 2.41. The zero-order chi connectivity index (χ0) is 34.3. The number of likely N-dealkylation sites (tertiary alicyclic amines) is 1. The van der Waals surface area contributed by atoms with Crippen LogP contribution in [0.2, 0.25) is 0 Å². The Labute approximate surface area is 324 Å². The average molecular weight is 772 g/mol. The van der Waals surface area contributed by atoms with Gasteiger partial charge in [0.15, 0.2) is 11.5 Å². The molecule has 3 heterocycles. The van der Waals surface area contributed by atoms with Gasteiger partial charge in [0.25, 0.3) is 0 Å². The maximum absolute atomic E-state index is 14.0. The van der Waals surface area contributed by atoms with Crippen LogP contribution in [0.1, 0.15) is 29.5 Å². The lowest BCUT2D eigenvalue weighted by Gasteiger charge is -2.40. The Morgan fingerprint density at radius 1 is 0.712 bits per heavy atom. The molecule has 0 N–H and O–H groups in total. The molecule has 6 rings (SSSR count).